The molecule has 0 aliphatic carbocycles. The summed E-state index contributed by atoms with van der Waals surface area (Å²) in [6.45, 7) is 47.0. The zero-order valence-corrected chi connectivity index (χ0v) is 58.6. The Labute approximate surface area is 541 Å². The largest absolute Gasteiger partial charge is 0.457 e. The molecule has 0 radical (unpaired) electrons. The highest BCUT2D eigenvalue weighted by atomic mass is 16.5. The monoisotopic (exact) mass is 1180 g/mol. The molecule has 0 N–H and O–H groups in total. The molecule has 0 spiro atoms. The van der Waals surface area contributed by atoms with Crippen molar-refractivity contribution < 1.29 is 4.74 Å². The Morgan fingerprint density at radius 1 is 0.247 bits per heavy atom. The first-order valence-corrected chi connectivity index (χ1v) is 32.2. The number of hydrogen-bond donors (Lipinski definition) is 0. The number of rotatable bonds is 7. The summed E-state index contributed by atoms with van der Waals surface area (Å²) in [4.78, 5) is 0. The topological polar surface area (TPSA) is 9.23 Å². The molecule has 0 amide bonds. The predicted molar refractivity (Wildman–Crippen MR) is 394 cm³/mol. The highest BCUT2D eigenvalue weighted by Gasteiger charge is 2.23. The second-order valence-corrected chi connectivity index (χ2v) is 24.1. The fourth-order valence-electron chi connectivity index (χ4n) is 9.55. The zero-order valence-electron chi connectivity index (χ0n) is 58.6. The van der Waals surface area contributed by atoms with Gasteiger partial charge in [-0.05, 0) is 252 Å². The van der Waals surface area contributed by atoms with Crippen LogP contribution in [0.15, 0.2) is 231 Å². The SMILES string of the molecule is CC.CC.Cc1ccc(-c2ccc(C)c(C)c2)cc1C.Cc1ccc(C(C)(C)c2ccc(C)c(C)c2)cc1C.Cc1ccc(Cc2ccc(C)c(C)c2)cc1C.Cc1ccc(Oc2ccc(C)cc2)cc1.Cc1ccc2ccc(C)cc2c1.c1ccccc1. The molecule has 0 bridgehead atoms. The molecule has 1 nitrogen and oxygen atoms in total. The van der Waals surface area contributed by atoms with Crippen molar-refractivity contribution in [3.63, 3.8) is 0 Å². The lowest BCUT2D eigenvalue weighted by atomic mass is 9.76. The highest BCUT2D eigenvalue weighted by molar-refractivity contribution is 5.83. The maximum Gasteiger partial charge on any atom is 0.127 e. The molecule has 464 valence electrons. The fourth-order valence-corrected chi connectivity index (χ4v) is 9.55. The van der Waals surface area contributed by atoms with Crippen molar-refractivity contribution in [3.05, 3.63) is 342 Å². The molecular weight excluding hydrogens is 1070 g/mol. The molecule has 0 unspecified atom stereocenters. The molecule has 0 saturated heterocycles. The van der Waals surface area contributed by atoms with E-state index in [0.29, 0.717) is 0 Å². The van der Waals surface area contributed by atoms with Crippen molar-refractivity contribution in [3.8, 4) is 22.6 Å². The average molecular weight is 1180 g/mol. The van der Waals surface area contributed by atoms with Crippen molar-refractivity contribution in [2.45, 2.75) is 164 Å². The lowest BCUT2D eigenvalue weighted by molar-refractivity contribution is 0.482. The quantitative estimate of drug-likeness (QED) is 0.155. The highest BCUT2D eigenvalue weighted by Crippen LogP contribution is 2.34. The van der Waals surface area contributed by atoms with E-state index in [1.807, 2.05) is 113 Å². The van der Waals surface area contributed by atoms with Gasteiger partial charge in [-0.25, -0.2) is 0 Å². The molecule has 0 aromatic heterocycles. The van der Waals surface area contributed by atoms with E-state index in [0.717, 1.165) is 17.9 Å². The second-order valence-electron chi connectivity index (χ2n) is 24.1. The minimum atomic E-state index is 0.0525. The van der Waals surface area contributed by atoms with Gasteiger partial charge in [-0.3, -0.25) is 0 Å². The Hall–Kier alpha value is -8.52. The Morgan fingerprint density at radius 2 is 0.528 bits per heavy atom. The van der Waals surface area contributed by atoms with E-state index in [1.54, 1.807) is 0 Å². The van der Waals surface area contributed by atoms with Crippen LogP contribution in [0.2, 0.25) is 0 Å². The summed E-state index contributed by atoms with van der Waals surface area (Å²) in [5, 5.41) is 2.67. The van der Waals surface area contributed by atoms with Crippen LogP contribution < -0.4 is 4.74 Å². The molecule has 11 aromatic rings. The fraction of sp³-hybridized carbons (Fsp3) is 0.273. The van der Waals surface area contributed by atoms with Crippen LogP contribution in [-0.2, 0) is 11.8 Å². The third-order valence-corrected chi connectivity index (χ3v) is 16.5. The van der Waals surface area contributed by atoms with Crippen LogP contribution in [0.4, 0.5) is 0 Å². The Bertz CT molecular complexity index is 3630. The Morgan fingerprint density at radius 3 is 0.831 bits per heavy atom. The van der Waals surface area contributed by atoms with E-state index in [9.17, 15) is 0 Å². The summed E-state index contributed by atoms with van der Waals surface area (Å²) in [7, 11) is 0. The van der Waals surface area contributed by atoms with Gasteiger partial charge in [0.1, 0.15) is 11.5 Å². The van der Waals surface area contributed by atoms with Crippen LogP contribution in [0.5, 0.6) is 11.5 Å². The summed E-state index contributed by atoms with van der Waals surface area (Å²) in [6.07, 6.45) is 1.03. The maximum absolute atomic E-state index is 5.69. The number of aryl methyl sites for hydroxylation is 16. The summed E-state index contributed by atoms with van der Waals surface area (Å²) in [5.74, 6) is 1.76. The molecule has 0 heterocycles. The van der Waals surface area contributed by atoms with Crippen LogP contribution in [0.3, 0.4) is 0 Å². The van der Waals surface area contributed by atoms with E-state index in [4.69, 9.17) is 4.74 Å². The van der Waals surface area contributed by atoms with Gasteiger partial charge in [0.05, 0.1) is 0 Å². The Balaban J connectivity index is 0.000000230. The van der Waals surface area contributed by atoms with Gasteiger partial charge in [-0.1, -0.05) is 270 Å². The number of fused-ring (bicyclic) bond motifs is 1. The number of benzene rings is 11. The number of hydrogen-bond acceptors (Lipinski definition) is 1. The van der Waals surface area contributed by atoms with Gasteiger partial charge in [0.25, 0.3) is 0 Å². The van der Waals surface area contributed by atoms with E-state index < -0.39 is 0 Å². The van der Waals surface area contributed by atoms with E-state index >= 15 is 0 Å². The van der Waals surface area contributed by atoms with Gasteiger partial charge in [0.15, 0.2) is 0 Å². The number of ether oxygens (including phenoxy) is 1. The van der Waals surface area contributed by atoms with E-state index in [2.05, 4.69) is 270 Å². The molecule has 11 rings (SSSR count). The van der Waals surface area contributed by atoms with Crippen molar-refractivity contribution >= 4 is 10.8 Å². The predicted octanol–water partition coefficient (Wildman–Crippen LogP) is 25.6. The van der Waals surface area contributed by atoms with Gasteiger partial charge in [0.2, 0.25) is 0 Å². The summed E-state index contributed by atoms with van der Waals surface area (Å²) in [6, 6.07) is 81.6. The normalized spacial score (nSPS) is 10.2. The van der Waals surface area contributed by atoms with E-state index in [1.165, 1.54) is 133 Å². The van der Waals surface area contributed by atoms with Crippen LogP contribution in [-0.4, -0.2) is 0 Å². The van der Waals surface area contributed by atoms with Gasteiger partial charge in [-0.2, -0.15) is 0 Å². The molecule has 89 heavy (non-hydrogen) atoms. The molecule has 0 aliphatic rings. The molecule has 1 heteroatoms. The minimum absolute atomic E-state index is 0.0525. The van der Waals surface area contributed by atoms with Crippen LogP contribution in [0, 0.1) is 111 Å². The second kappa shape index (κ2) is 36.7. The molecule has 0 saturated carbocycles. The summed E-state index contributed by atoms with van der Waals surface area (Å²) < 4.78 is 5.69. The third kappa shape index (κ3) is 23.8. The lowest BCUT2D eigenvalue weighted by Gasteiger charge is -2.27. The smallest absolute Gasteiger partial charge is 0.127 e. The molecule has 0 aliphatic heterocycles. The Kier molecular flexibility index (Phi) is 30.1. The first-order chi connectivity index (χ1) is 42.4. The maximum atomic E-state index is 5.69. The van der Waals surface area contributed by atoms with Gasteiger partial charge < -0.3 is 4.74 Å². The van der Waals surface area contributed by atoms with Gasteiger partial charge in [-0.15, -0.1) is 0 Å². The standard InChI is InChI=1S/C19H24.C17H20.C16H18.C14H14O.C12H12.C6H6.2C2H6/c1-13-7-9-17(11-15(13)3)19(5,6)18-10-8-14(2)16(4)12-18;1-12-5-7-16(9-14(12)3)11-17-8-6-13(2)15(4)10-17;1-11-5-7-15(9-13(11)3)16-8-6-12(2)14(4)10-16;1-11-3-7-13(8-4-11)15-14-9-5-12(2)6-10-14;1-9-3-5-11-6-4-10(2)8-12(11)7-9;1-2-4-6-5-3-1;2*1-2/h7-12H,1-6H3;5-10H,11H2,1-4H3;5-10H,1-4H3;3-10H,1-2H3;3-8H,1-2H3;1-6H;2*1-2H3. The lowest BCUT2D eigenvalue weighted by Crippen LogP contribution is -2.19. The van der Waals surface area contributed by atoms with Crippen molar-refractivity contribution in [1.82, 2.24) is 0 Å². The third-order valence-electron chi connectivity index (χ3n) is 16.5. The molecule has 11 aromatic carbocycles. The molecule has 0 fully saturated rings. The summed E-state index contributed by atoms with van der Waals surface area (Å²) in [5.41, 5.74) is 29.8. The van der Waals surface area contributed by atoms with Gasteiger partial charge >= 0.3 is 0 Å². The van der Waals surface area contributed by atoms with Gasteiger partial charge in [0, 0.05) is 5.41 Å². The van der Waals surface area contributed by atoms with Crippen molar-refractivity contribution in [2.24, 2.45) is 0 Å². The first-order valence-electron chi connectivity index (χ1n) is 32.2. The van der Waals surface area contributed by atoms with Crippen molar-refractivity contribution in [1.29, 1.82) is 0 Å². The van der Waals surface area contributed by atoms with Crippen LogP contribution in [0.1, 0.15) is 153 Å². The van der Waals surface area contributed by atoms with Crippen molar-refractivity contribution in [2.75, 3.05) is 0 Å². The average Bonchev–Trinajstić information content (AvgIpc) is 3.53. The first kappa shape index (κ1) is 73.0. The van der Waals surface area contributed by atoms with E-state index in [-0.39, 0.29) is 5.41 Å². The zero-order chi connectivity index (χ0) is 65.8. The molecule has 0 atom stereocenters. The minimum Gasteiger partial charge on any atom is -0.457 e. The summed E-state index contributed by atoms with van der Waals surface area (Å²) >= 11 is 0. The molecular formula is C88H106O. The van der Waals surface area contributed by atoms with Crippen LogP contribution in [0.25, 0.3) is 21.9 Å². The van der Waals surface area contributed by atoms with Crippen LogP contribution >= 0.6 is 0 Å².